The fraction of sp³-hybridized carbons (Fsp3) is 0.333. The fourth-order valence-electron chi connectivity index (χ4n) is 2.36. The molecule has 122 valence electrons. The van der Waals surface area contributed by atoms with Crippen molar-refractivity contribution in [1.82, 2.24) is 20.4 Å². The van der Waals surface area contributed by atoms with Gasteiger partial charge >= 0.3 is 6.03 Å². The molecule has 1 aromatic carbocycles. The van der Waals surface area contributed by atoms with Crippen molar-refractivity contribution in [3.8, 4) is 0 Å². The summed E-state index contributed by atoms with van der Waals surface area (Å²) in [5.41, 5.74) is 5.21. The quantitative estimate of drug-likeness (QED) is 0.806. The van der Waals surface area contributed by atoms with Crippen molar-refractivity contribution in [3.05, 3.63) is 65.0 Å². The third-order valence-electron chi connectivity index (χ3n) is 3.68. The highest BCUT2D eigenvalue weighted by Crippen LogP contribution is 2.14. The number of aryl methyl sites for hydroxylation is 1. The molecule has 2 rings (SSSR count). The third kappa shape index (κ3) is 4.71. The minimum atomic E-state index is -0.192. The van der Waals surface area contributed by atoms with Gasteiger partial charge in [-0.05, 0) is 26.3 Å². The van der Waals surface area contributed by atoms with Crippen LogP contribution in [0.5, 0.6) is 0 Å². The summed E-state index contributed by atoms with van der Waals surface area (Å²) in [4.78, 5) is 11.8. The van der Waals surface area contributed by atoms with Crippen LogP contribution in [0.15, 0.2) is 42.5 Å². The van der Waals surface area contributed by atoms with E-state index in [1.54, 1.807) is 0 Å². The lowest BCUT2D eigenvalue weighted by molar-refractivity contribution is 0.241. The third-order valence-corrected chi connectivity index (χ3v) is 3.68. The highest BCUT2D eigenvalue weighted by Gasteiger charge is 2.12. The van der Waals surface area contributed by atoms with Gasteiger partial charge in [-0.15, -0.1) is 0 Å². The molecule has 0 aliphatic rings. The molecule has 1 heterocycles. The van der Waals surface area contributed by atoms with Crippen molar-refractivity contribution in [2.75, 3.05) is 6.54 Å². The van der Waals surface area contributed by atoms with E-state index in [9.17, 15) is 4.79 Å². The zero-order chi connectivity index (χ0) is 16.8. The lowest BCUT2D eigenvalue weighted by atomic mass is 10.2. The van der Waals surface area contributed by atoms with E-state index in [-0.39, 0.29) is 6.03 Å². The molecule has 5 nitrogen and oxygen atoms in total. The molecule has 0 radical (unpaired) electrons. The van der Waals surface area contributed by atoms with Gasteiger partial charge in [-0.25, -0.2) is 4.79 Å². The summed E-state index contributed by atoms with van der Waals surface area (Å²) in [7, 11) is 0. The first-order chi connectivity index (χ1) is 11.0. The standard InChI is InChI=1S/C18H24N4O/c1-13(2)10-19-18(23)20-11-17-14(3)21-22(15(17)4)12-16-8-6-5-7-9-16/h5-9H,1,10-12H2,2-4H3,(H2,19,20,23). The number of carbonyl (C=O) groups excluding carboxylic acids is 1. The average molecular weight is 312 g/mol. The number of aromatic nitrogens is 2. The van der Waals surface area contributed by atoms with Crippen LogP contribution in [-0.4, -0.2) is 22.4 Å². The van der Waals surface area contributed by atoms with Crippen molar-refractivity contribution in [3.63, 3.8) is 0 Å². The Kier molecular flexibility index (Phi) is 5.57. The molecule has 2 amide bonds. The second kappa shape index (κ2) is 7.63. The molecular weight excluding hydrogens is 288 g/mol. The van der Waals surface area contributed by atoms with Crippen molar-refractivity contribution < 1.29 is 4.79 Å². The van der Waals surface area contributed by atoms with E-state index in [0.29, 0.717) is 13.1 Å². The molecule has 0 aliphatic heterocycles. The molecule has 0 spiro atoms. The van der Waals surface area contributed by atoms with Gasteiger partial charge in [-0.3, -0.25) is 4.68 Å². The van der Waals surface area contributed by atoms with E-state index < -0.39 is 0 Å². The maximum atomic E-state index is 11.8. The molecule has 23 heavy (non-hydrogen) atoms. The Bertz CT molecular complexity index is 689. The molecule has 0 bridgehead atoms. The first kappa shape index (κ1) is 16.8. The first-order valence-corrected chi connectivity index (χ1v) is 7.70. The highest BCUT2D eigenvalue weighted by atomic mass is 16.2. The first-order valence-electron chi connectivity index (χ1n) is 7.70. The minimum absolute atomic E-state index is 0.192. The second-order valence-electron chi connectivity index (χ2n) is 5.79. The number of urea groups is 1. The van der Waals surface area contributed by atoms with E-state index in [1.807, 2.05) is 43.7 Å². The summed E-state index contributed by atoms with van der Waals surface area (Å²) in [6, 6.07) is 10.0. The van der Waals surface area contributed by atoms with Gasteiger partial charge in [0.25, 0.3) is 0 Å². The van der Waals surface area contributed by atoms with Crippen molar-refractivity contribution >= 4 is 6.03 Å². The Morgan fingerprint density at radius 2 is 1.91 bits per heavy atom. The number of nitrogens with one attached hydrogen (secondary N) is 2. The van der Waals surface area contributed by atoms with Gasteiger partial charge in [-0.1, -0.05) is 42.5 Å². The van der Waals surface area contributed by atoms with Gasteiger partial charge in [0, 0.05) is 24.3 Å². The van der Waals surface area contributed by atoms with Crippen LogP contribution >= 0.6 is 0 Å². The molecule has 0 unspecified atom stereocenters. The maximum Gasteiger partial charge on any atom is 0.315 e. The Balaban J connectivity index is 2.00. The Hall–Kier alpha value is -2.56. The monoisotopic (exact) mass is 312 g/mol. The molecule has 0 atom stereocenters. The number of hydrogen-bond acceptors (Lipinski definition) is 2. The average Bonchev–Trinajstić information content (AvgIpc) is 2.78. The molecule has 0 saturated heterocycles. The molecule has 2 N–H and O–H groups in total. The van der Waals surface area contributed by atoms with Crippen molar-refractivity contribution in [2.24, 2.45) is 0 Å². The van der Waals surface area contributed by atoms with Crippen LogP contribution in [0, 0.1) is 13.8 Å². The zero-order valence-electron chi connectivity index (χ0n) is 14.0. The molecule has 0 aliphatic carbocycles. The second-order valence-corrected chi connectivity index (χ2v) is 5.79. The summed E-state index contributed by atoms with van der Waals surface area (Å²) in [5, 5.41) is 10.2. The summed E-state index contributed by atoms with van der Waals surface area (Å²) in [5.74, 6) is 0. The van der Waals surface area contributed by atoms with Crippen molar-refractivity contribution in [1.29, 1.82) is 0 Å². The Morgan fingerprint density at radius 3 is 2.57 bits per heavy atom. The lowest BCUT2D eigenvalue weighted by Crippen LogP contribution is -2.36. The van der Waals surface area contributed by atoms with E-state index in [0.717, 1.165) is 29.1 Å². The van der Waals surface area contributed by atoms with Crippen LogP contribution in [0.1, 0.15) is 29.4 Å². The SMILES string of the molecule is C=C(C)CNC(=O)NCc1c(C)nn(Cc2ccccc2)c1C. The van der Waals surface area contributed by atoms with E-state index >= 15 is 0 Å². The maximum absolute atomic E-state index is 11.8. The molecule has 2 aromatic rings. The van der Waals surface area contributed by atoms with Crippen LogP contribution in [0.3, 0.4) is 0 Å². The number of rotatable bonds is 6. The van der Waals surface area contributed by atoms with Crippen LogP contribution in [0.2, 0.25) is 0 Å². The van der Waals surface area contributed by atoms with Gasteiger partial charge in [0.15, 0.2) is 0 Å². The number of carbonyl (C=O) groups is 1. The Morgan fingerprint density at radius 1 is 1.22 bits per heavy atom. The lowest BCUT2D eigenvalue weighted by Gasteiger charge is -2.08. The Labute approximate surface area is 137 Å². The predicted octanol–water partition coefficient (Wildman–Crippen LogP) is 2.92. The fourth-order valence-corrected chi connectivity index (χ4v) is 2.36. The highest BCUT2D eigenvalue weighted by molar-refractivity contribution is 5.74. The number of benzene rings is 1. The van der Waals surface area contributed by atoms with Crippen molar-refractivity contribution in [2.45, 2.75) is 33.9 Å². The normalized spacial score (nSPS) is 10.4. The molecule has 0 fully saturated rings. The minimum Gasteiger partial charge on any atom is -0.334 e. The number of hydrogen-bond donors (Lipinski definition) is 2. The van der Waals surface area contributed by atoms with Crippen LogP contribution < -0.4 is 10.6 Å². The number of amides is 2. The summed E-state index contributed by atoms with van der Waals surface area (Å²) in [6.07, 6.45) is 0. The van der Waals surface area contributed by atoms with Crippen LogP contribution in [0.4, 0.5) is 4.79 Å². The topological polar surface area (TPSA) is 59.0 Å². The molecular formula is C18H24N4O. The van der Waals surface area contributed by atoms with E-state index in [4.69, 9.17) is 0 Å². The van der Waals surface area contributed by atoms with Gasteiger partial charge in [0.2, 0.25) is 0 Å². The smallest absolute Gasteiger partial charge is 0.315 e. The van der Waals surface area contributed by atoms with Gasteiger partial charge in [-0.2, -0.15) is 5.10 Å². The summed E-state index contributed by atoms with van der Waals surface area (Å²) in [6.45, 7) is 11.3. The number of nitrogens with zero attached hydrogens (tertiary/aromatic N) is 2. The van der Waals surface area contributed by atoms with Crippen LogP contribution in [-0.2, 0) is 13.1 Å². The summed E-state index contributed by atoms with van der Waals surface area (Å²) < 4.78 is 1.98. The molecule has 1 aromatic heterocycles. The zero-order valence-corrected chi connectivity index (χ0v) is 14.0. The van der Waals surface area contributed by atoms with Gasteiger partial charge < -0.3 is 10.6 Å². The van der Waals surface area contributed by atoms with Gasteiger partial charge in [0.05, 0.1) is 12.2 Å². The molecule has 0 saturated carbocycles. The van der Waals surface area contributed by atoms with E-state index in [2.05, 4.69) is 34.4 Å². The molecule has 5 heteroatoms. The van der Waals surface area contributed by atoms with Crippen LogP contribution in [0.25, 0.3) is 0 Å². The predicted molar refractivity (Wildman–Crippen MR) is 92.3 cm³/mol. The summed E-state index contributed by atoms with van der Waals surface area (Å²) >= 11 is 0. The van der Waals surface area contributed by atoms with Gasteiger partial charge in [0.1, 0.15) is 0 Å². The largest absolute Gasteiger partial charge is 0.334 e. The van der Waals surface area contributed by atoms with E-state index in [1.165, 1.54) is 5.56 Å².